The van der Waals surface area contributed by atoms with Crippen LogP contribution in [0.5, 0.6) is 0 Å². The zero-order valence-corrected chi connectivity index (χ0v) is 13.5. The lowest BCUT2D eigenvalue weighted by Crippen LogP contribution is -2.03. The van der Waals surface area contributed by atoms with Crippen molar-refractivity contribution in [3.8, 4) is 6.07 Å². The van der Waals surface area contributed by atoms with E-state index in [1.807, 2.05) is 43.5 Å². The lowest BCUT2D eigenvalue weighted by Gasteiger charge is -2.09. The maximum Gasteiger partial charge on any atom is 0.164 e. The molecule has 2 heterocycles. The summed E-state index contributed by atoms with van der Waals surface area (Å²) in [6, 6.07) is 12.0. The lowest BCUT2D eigenvalue weighted by molar-refractivity contribution is 0.184. The first-order chi connectivity index (χ1) is 11.7. The third kappa shape index (κ3) is 3.12. The number of hydrogen-bond acceptors (Lipinski definition) is 5. The number of rotatable bonds is 5. The summed E-state index contributed by atoms with van der Waals surface area (Å²) < 4.78 is 5.14. The number of para-hydroxylation sites is 1. The highest BCUT2D eigenvalue weighted by atomic mass is 16.5. The molecule has 0 radical (unpaired) electrons. The van der Waals surface area contributed by atoms with Crippen LogP contribution in [0, 0.1) is 18.3 Å². The number of aryl methyl sites for hydroxylation is 1. The molecule has 0 unspecified atom stereocenters. The van der Waals surface area contributed by atoms with Crippen molar-refractivity contribution in [2.24, 2.45) is 5.10 Å². The summed E-state index contributed by atoms with van der Waals surface area (Å²) >= 11 is 0. The molecule has 1 aromatic carbocycles. The second-order valence-corrected chi connectivity index (χ2v) is 5.35. The maximum absolute atomic E-state index is 9.40. The zero-order valence-electron chi connectivity index (χ0n) is 13.5. The van der Waals surface area contributed by atoms with Crippen LogP contribution in [-0.4, -0.2) is 23.3 Å². The third-order valence-corrected chi connectivity index (χ3v) is 3.64. The van der Waals surface area contributed by atoms with Crippen molar-refractivity contribution in [3.63, 3.8) is 0 Å². The standard InChI is InChI=1S/C18H17N5O/c1-12-7-13(11-24-2)16(8-19)18(22-12)23-21-10-14-9-20-17-6-4-3-5-15(14)17/h3-7,9-10,20H,11H2,1-2H3,(H,22,23)/b21-10+. The zero-order chi connectivity index (χ0) is 16.9. The van der Waals surface area contributed by atoms with Crippen LogP contribution < -0.4 is 5.43 Å². The molecule has 0 saturated carbocycles. The number of hydrogen-bond donors (Lipinski definition) is 2. The average Bonchev–Trinajstić information content (AvgIpc) is 2.98. The number of benzene rings is 1. The van der Waals surface area contributed by atoms with Gasteiger partial charge < -0.3 is 9.72 Å². The number of ether oxygens (including phenoxy) is 1. The van der Waals surface area contributed by atoms with Gasteiger partial charge in [0.25, 0.3) is 0 Å². The largest absolute Gasteiger partial charge is 0.380 e. The highest BCUT2D eigenvalue weighted by Gasteiger charge is 2.10. The highest BCUT2D eigenvalue weighted by molar-refractivity contribution is 5.99. The van der Waals surface area contributed by atoms with E-state index in [2.05, 4.69) is 26.6 Å². The van der Waals surface area contributed by atoms with Gasteiger partial charge in [-0.2, -0.15) is 10.4 Å². The van der Waals surface area contributed by atoms with Crippen molar-refractivity contribution in [2.75, 3.05) is 12.5 Å². The number of anilines is 1. The van der Waals surface area contributed by atoms with Crippen molar-refractivity contribution in [1.82, 2.24) is 9.97 Å². The predicted octanol–water partition coefficient (Wildman–Crippen LogP) is 3.34. The number of hydrazone groups is 1. The van der Waals surface area contributed by atoms with Gasteiger partial charge >= 0.3 is 0 Å². The number of aromatic nitrogens is 2. The number of H-pyrrole nitrogens is 1. The molecule has 0 saturated heterocycles. The third-order valence-electron chi connectivity index (χ3n) is 3.64. The van der Waals surface area contributed by atoms with E-state index in [4.69, 9.17) is 4.74 Å². The second-order valence-electron chi connectivity index (χ2n) is 5.35. The quantitative estimate of drug-likeness (QED) is 0.558. The molecule has 6 heteroatoms. The summed E-state index contributed by atoms with van der Waals surface area (Å²) in [7, 11) is 1.60. The van der Waals surface area contributed by atoms with Gasteiger partial charge in [0.15, 0.2) is 5.82 Å². The number of pyridine rings is 1. The van der Waals surface area contributed by atoms with Gasteiger partial charge in [0.2, 0.25) is 0 Å². The Morgan fingerprint density at radius 1 is 1.42 bits per heavy atom. The van der Waals surface area contributed by atoms with Gasteiger partial charge in [-0.15, -0.1) is 0 Å². The molecule has 2 N–H and O–H groups in total. The Balaban J connectivity index is 1.87. The molecule has 6 nitrogen and oxygen atoms in total. The number of methoxy groups -OCH3 is 1. The Morgan fingerprint density at radius 3 is 3.04 bits per heavy atom. The molecule has 0 atom stereocenters. The highest BCUT2D eigenvalue weighted by Crippen LogP contribution is 2.20. The first-order valence-corrected chi connectivity index (χ1v) is 7.47. The first kappa shape index (κ1) is 15.7. The van der Waals surface area contributed by atoms with Crippen LogP contribution in [0.15, 0.2) is 41.6 Å². The number of nitrogens with one attached hydrogen (secondary N) is 2. The van der Waals surface area contributed by atoms with Crippen molar-refractivity contribution in [3.05, 3.63) is 58.9 Å². The van der Waals surface area contributed by atoms with E-state index in [1.54, 1.807) is 13.3 Å². The predicted molar refractivity (Wildman–Crippen MR) is 93.9 cm³/mol. The summed E-state index contributed by atoms with van der Waals surface area (Å²) in [4.78, 5) is 7.55. The van der Waals surface area contributed by atoms with Gasteiger partial charge in [0.05, 0.1) is 12.8 Å². The molecule has 0 fully saturated rings. The minimum absolute atomic E-state index is 0.354. The Kier molecular flexibility index (Phi) is 4.54. The first-order valence-electron chi connectivity index (χ1n) is 7.47. The van der Waals surface area contributed by atoms with Crippen molar-refractivity contribution in [1.29, 1.82) is 5.26 Å². The van der Waals surface area contributed by atoms with Crippen molar-refractivity contribution >= 4 is 22.9 Å². The molecular weight excluding hydrogens is 302 g/mol. The Morgan fingerprint density at radius 2 is 2.25 bits per heavy atom. The molecule has 24 heavy (non-hydrogen) atoms. The molecule has 2 aromatic heterocycles. The molecule has 0 aliphatic heterocycles. The summed E-state index contributed by atoms with van der Waals surface area (Å²) in [6.45, 7) is 2.22. The lowest BCUT2D eigenvalue weighted by atomic mass is 10.1. The summed E-state index contributed by atoms with van der Waals surface area (Å²) in [5.74, 6) is 0.431. The Labute approximate surface area is 139 Å². The van der Waals surface area contributed by atoms with Gasteiger partial charge in [-0.1, -0.05) is 18.2 Å². The van der Waals surface area contributed by atoms with Crippen LogP contribution >= 0.6 is 0 Å². The van der Waals surface area contributed by atoms with E-state index in [-0.39, 0.29) is 0 Å². The van der Waals surface area contributed by atoms with Crippen LogP contribution in [0.1, 0.15) is 22.4 Å². The second kappa shape index (κ2) is 6.94. The molecule has 3 aromatic rings. The van der Waals surface area contributed by atoms with Gasteiger partial charge in [-0.25, -0.2) is 4.98 Å². The van der Waals surface area contributed by atoms with Crippen LogP contribution in [-0.2, 0) is 11.3 Å². The van der Waals surface area contributed by atoms with Crippen LogP contribution in [0.25, 0.3) is 10.9 Å². The fourth-order valence-corrected chi connectivity index (χ4v) is 2.58. The van der Waals surface area contributed by atoms with Gasteiger partial charge in [-0.3, -0.25) is 5.43 Å². The molecule has 0 bridgehead atoms. The van der Waals surface area contributed by atoms with Gasteiger partial charge in [-0.05, 0) is 19.1 Å². The van der Waals surface area contributed by atoms with Gasteiger partial charge in [0.1, 0.15) is 11.6 Å². The van der Waals surface area contributed by atoms with Crippen molar-refractivity contribution < 1.29 is 4.74 Å². The monoisotopic (exact) mass is 319 g/mol. The number of nitriles is 1. The maximum atomic E-state index is 9.40. The molecule has 3 rings (SSSR count). The van der Waals surface area contributed by atoms with E-state index in [0.717, 1.165) is 27.7 Å². The summed E-state index contributed by atoms with van der Waals surface area (Å²) in [5, 5.41) is 14.7. The number of nitrogens with zero attached hydrogens (tertiary/aromatic N) is 3. The molecule has 0 aliphatic rings. The van der Waals surface area contributed by atoms with Gasteiger partial charge in [0, 0.05) is 41.0 Å². The van der Waals surface area contributed by atoms with E-state index in [0.29, 0.717) is 18.0 Å². The van der Waals surface area contributed by atoms with E-state index in [1.165, 1.54) is 0 Å². The molecule has 0 aliphatic carbocycles. The minimum atomic E-state index is 0.354. The van der Waals surface area contributed by atoms with Crippen LogP contribution in [0.4, 0.5) is 5.82 Å². The topological polar surface area (TPSA) is 86.1 Å². The van der Waals surface area contributed by atoms with E-state index < -0.39 is 0 Å². The summed E-state index contributed by atoms with van der Waals surface area (Å²) in [6.07, 6.45) is 3.60. The molecular formula is C18H17N5O. The minimum Gasteiger partial charge on any atom is -0.380 e. The van der Waals surface area contributed by atoms with Crippen LogP contribution in [0.2, 0.25) is 0 Å². The smallest absolute Gasteiger partial charge is 0.164 e. The van der Waals surface area contributed by atoms with Crippen molar-refractivity contribution in [2.45, 2.75) is 13.5 Å². The normalized spacial score (nSPS) is 11.0. The van der Waals surface area contributed by atoms with E-state index >= 15 is 0 Å². The Bertz CT molecular complexity index is 936. The summed E-state index contributed by atoms with van der Waals surface area (Å²) in [5.41, 5.74) is 6.91. The van der Waals surface area contributed by atoms with E-state index in [9.17, 15) is 5.26 Å². The Hall–Kier alpha value is -3.17. The average molecular weight is 319 g/mol. The molecule has 0 amide bonds. The molecule has 0 spiro atoms. The number of aromatic amines is 1. The fourth-order valence-electron chi connectivity index (χ4n) is 2.58. The fraction of sp³-hybridized carbons (Fsp3) is 0.167. The molecule has 120 valence electrons. The van der Waals surface area contributed by atoms with Crippen LogP contribution in [0.3, 0.4) is 0 Å². The number of fused-ring (bicyclic) bond motifs is 1. The SMILES string of the molecule is COCc1cc(C)nc(N/N=C/c2c[nH]c3ccccc23)c1C#N.